The van der Waals surface area contributed by atoms with Crippen molar-refractivity contribution in [1.29, 1.82) is 5.26 Å². The van der Waals surface area contributed by atoms with E-state index in [0.717, 1.165) is 43.6 Å². The van der Waals surface area contributed by atoms with Crippen LogP contribution < -0.4 is 5.32 Å². The van der Waals surface area contributed by atoms with Crippen molar-refractivity contribution in [2.75, 3.05) is 0 Å². The van der Waals surface area contributed by atoms with Crippen molar-refractivity contribution < 1.29 is 39.9 Å². The van der Waals surface area contributed by atoms with Crippen molar-refractivity contribution in [2.24, 2.45) is 7.05 Å². The standard InChI is InChI=1S/C20H13F8N5OS/c1-32-8-12(18(21,22)20(26,27)28)15(19(23,24)25)17(32)33-7-9(6-30-33)13-4-11(14(5-29)35-13)16(34)31-10-2-3-10/h4,6-8,10H,2-3H2,1H3,(H,31,34). The van der Waals surface area contributed by atoms with Gasteiger partial charge in [0.25, 0.3) is 5.91 Å². The summed E-state index contributed by atoms with van der Waals surface area (Å²) in [4.78, 5) is 12.7. The van der Waals surface area contributed by atoms with Crippen molar-refractivity contribution >= 4 is 17.2 Å². The van der Waals surface area contributed by atoms with Crippen molar-refractivity contribution in [2.45, 2.75) is 37.2 Å². The minimum Gasteiger partial charge on any atom is -0.349 e. The minimum absolute atomic E-state index is 0.00213. The number of hydrogen-bond acceptors (Lipinski definition) is 4. The molecule has 3 heterocycles. The van der Waals surface area contributed by atoms with Crippen molar-refractivity contribution in [1.82, 2.24) is 19.7 Å². The molecule has 0 saturated heterocycles. The van der Waals surface area contributed by atoms with Crippen LogP contribution in [0.4, 0.5) is 35.1 Å². The van der Waals surface area contributed by atoms with Crippen LogP contribution in [0, 0.1) is 11.3 Å². The van der Waals surface area contributed by atoms with E-state index in [1.54, 1.807) is 0 Å². The number of aromatic nitrogens is 3. The SMILES string of the molecule is Cn1cc(C(F)(F)C(F)(F)F)c(C(F)(F)F)c1-n1cc(-c2cc(C(=O)NC3CC3)c(C#N)s2)cn1. The van der Waals surface area contributed by atoms with Crippen LogP contribution in [0.1, 0.15) is 39.2 Å². The molecule has 35 heavy (non-hydrogen) atoms. The Bertz CT molecular complexity index is 1340. The summed E-state index contributed by atoms with van der Waals surface area (Å²) in [6, 6.07) is 3.20. The van der Waals surface area contributed by atoms with Gasteiger partial charge in [0, 0.05) is 35.9 Å². The maximum atomic E-state index is 14.0. The number of carbonyl (C=O) groups is 1. The van der Waals surface area contributed by atoms with Gasteiger partial charge < -0.3 is 9.88 Å². The molecule has 0 aromatic carbocycles. The lowest BCUT2D eigenvalue weighted by atomic mass is 10.1. The van der Waals surface area contributed by atoms with Crippen LogP contribution in [0.3, 0.4) is 0 Å². The van der Waals surface area contributed by atoms with Gasteiger partial charge in [-0.1, -0.05) is 0 Å². The second-order valence-corrected chi connectivity index (χ2v) is 8.86. The predicted molar refractivity (Wildman–Crippen MR) is 106 cm³/mol. The molecule has 1 aliphatic carbocycles. The van der Waals surface area contributed by atoms with Gasteiger partial charge >= 0.3 is 18.3 Å². The molecule has 1 aliphatic rings. The van der Waals surface area contributed by atoms with Gasteiger partial charge in [-0.25, -0.2) is 4.68 Å². The lowest BCUT2D eigenvalue weighted by Gasteiger charge is -2.21. The predicted octanol–water partition coefficient (Wildman–Crippen LogP) is 5.38. The number of nitrogens with one attached hydrogen (secondary N) is 1. The lowest BCUT2D eigenvalue weighted by Crippen LogP contribution is -2.35. The Morgan fingerprint density at radius 1 is 1.17 bits per heavy atom. The van der Waals surface area contributed by atoms with Crippen molar-refractivity contribution in [3.8, 4) is 22.3 Å². The number of alkyl halides is 8. The molecule has 0 bridgehead atoms. The molecule has 6 nitrogen and oxygen atoms in total. The summed E-state index contributed by atoms with van der Waals surface area (Å²) >= 11 is 0.851. The van der Waals surface area contributed by atoms with Crippen molar-refractivity contribution in [3.05, 3.63) is 46.2 Å². The van der Waals surface area contributed by atoms with E-state index < -0.39 is 41.1 Å². The Kier molecular flexibility index (Phi) is 5.70. The number of hydrogen-bond donors (Lipinski definition) is 1. The number of aryl methyl sites for hydroxylation is 1. The molecular weight excluding hydrogens is 510 g/mol. The van der Waals surface area contributed by atoms with Gasteiger partial charge in [0.05, 0.1) is 17.3 Å². The molecule has 186 valence electrons. The van der Waals surface area contributed by atoms with Crippen LogP contribution in [0.25, 0.3) is 16.3 Å². The third-order valence-corrected chi connectivity index (χ3v) is 6.29. The summed E-state index contributed by atoms with van der Waals surface area (Å²) in [6.45, 7) is 0. The van der Waals surface area contributed by atoms with Gasteiger partial charge in [-0.05, 0) is 18.9 Å². The first kappa shape index (κ1) is 24.7. The number of nitrogens with zero attached hydrogens (tertiary/aromatic N) is 4. The van der Waals surface area contributed by atoms with Crippen LogP contribution >= 0.6 is 11.3 Å². The van der Waals surface area contributed by atoms with Crippen LogP contribution in [-0.4, -0.2) is 32.5 Å². The van der Waals surface area contributed by atoms with Gasteiger partial charge in [0.15, 0.2) is 0 Å². The first-order chi connectivity index (χ1) is 16.1. The van der Waals surface area contributed by atoms with E-state index >= 15 is 0 Å². The number of thiophene rings is 1. The van der Waals surface area contributed by atoms with Crippen molar-refractivity contribution in [3.63, 3.8) is 0 Å². The second kappa shape index (κ2) is 8.08. The third-order valence-electron chi connectivity index (χ3n) is 5.20. The Balaban J connectivity index is 1.79. The molecule has 0 aliphatic heterocycles. The minimum atomic E-state index is -6.26. The highest BCUT2D eigenvalue weighted by Gasteiger charge is 2.62. The summed E-state index contributed by atoms with van der Waals surface area (Å²) < 4.78 is 109. The first-order valence-electron chi connectivity index (χ1n) is 9.77. The van der Waals surface area contributed by atoms with Crippen LogP contribution in [-0.2, 0) is 19.1 Å². The third kappa shape index (κ3) is 4.38. The average Bonchev–Trinajstić information content (AvgIpc) is 3.15. The number of amides is 1. The van der Waals surface area contributed by atoms with Gasteiger partial charge in [-0.15, -0.1) is 11.3 Å². The highest BCUT2D eigenvalue weighted by atomic mass is 32.1. The molecule has 0 spiro atoms. The van der Waals surface area contributed by atoms with E-state index in [9.17, 15) is 45.2 Å². The Labute approximate surface area is 195 Å². The molecule has 3 aromatic rings. The zero-order valence-electron chi connectivity index (χ0n) is 17.4. The van der Waals surface area contributed by atoms with Gasteiger partial charge in [-0.3, -0.25) is 4.79 Å². The molecule has 1 N–H and O–H groups in total. The van der Waals surface area contributed by atoms with Gasteiger partial charge in [-0.2, -0.15) is 45.5 Å². The molecule has 0 radical (unpaired) electrons. The fourth-order valence-electron chi connectivity index (χ4n) is 3.40. The fraction of sp³-hybridized carbons (Fsp3) is 0.350. The fourth-order valence-corrected chi connectivity index (χ4v) is 4.33. The van der Waals surface area contributed by atoms with Gasteiger partial charge in [0.2, 0.25) is 0 Å². The zero-order valence-corrected chi connectivity index (χ0v) is 18.2. The van der Waals surface area contributed by atoms with E-state index in [1.807, 2.05) is 6.07 Å². The zero-order chi connectivity index (χ0) is 25.9. The summed E-state index contributed by atoms with van der Waals surface area (Å²) in [5.74, 6) is -7.34. The highest BCUT2D eigenvalue weighted by molar-refractivity contribution is 7.16. The molecule has 0 unspecified atom stereocenters. The highest BCUT2D eigenvalue weighted by Crippen LogP contribution is 2.50. The van der Waals surface area contributed by atoms with Gasteiger partial charge in [0.1, 0.15) is 22.3 Å². The quantitative estimate of drug-likeness (QED) is 0.457. The monoisotopic (exact) mass is 523 g/mol. The van der Waals surface area contributed by atoms with E-state index in [0.29, 0.717) is 9.25 Å². The number of halogens is 8. The molecule has 1 saturated carbocycles. The molecule has 3 aromatic heterocycles. The largest absolute Gasteiger partial charge is 0.458 e. The molecule has 1 amide bonds. The summed E-state index contributed by atoms with van der Waals surface area (Å²) in [5.41, 5.74) is -4.27. The summed E-state index contributed by atoms with van der Waals surface area (Å²) in [5, 5.41) is 15.8. The first-order valence-corrected chi connectivity index (χ1v) is 10.6. The summed E-state index contributed by atoms with van der Waals surface area (Å²) in [7, 11) is 0.876. The molecule has 15 heteroatoms. The molecule has 4 rings (SSSR count). The Morgan fingerprint density at radius 2 is 1.83 bits per heavy atom. The van der Waals surface area contributed by atoms with E-state index in [1.165, 1.54) is 6.07 Å². The number of carbonyl (C=O) groups excluding carboxylic acids is 1. The number of nitriles is 1. The maximum absolute atomic E-state index is 14.0. The normalized spacial score (nSPS) is 14.7. The smallest absolute Gasteiger partial charge is 0.349 e. The van der Waals surface area contributed by atoms with Crippen LogP contribution in [0.5, 0.6) is 0 Å². The number of rotatable bonds is 5. The topological polar surface area (TPSA) is 75.6 Å². The van der Waals surface area contributed by atoms with E-state index in [-0.39, 0.29) is 33.1 Å². The second-order valence-electron chi connectivity index (χ2n) is 7.81. The van der Waals surface area contributed by atoms with E-state index in [2.05, 4.69) is 10.4 Å². The lowest BCUT2D eigenvalue weighted by molar-refractivity contribution is -0.290. The molecular formula is C20H13F8N5OS. The molecule has 1 fully saturated rings. The Morgan fingerprint density at radius 3 is 2.37 bits per heavy atom. The van der Waals surface area contributed by atoms with Crippen LogP contribution in [0.2, 0.25) is 0 Å². The van der Waals surface area contributed by atoms with Crippen LogP contribution in [0.15, 0.2) is 24.7 Å². The summed E-state index contributed by atoms with van der Waals surface area (Å²) in [6.07, 6.45) is -8.15. The van der Waals surface area contributed by atoms with E-state index in [4.69, 9.17) is 0 Å². The average molecular weight is 523 g/mol. The Hall–Kier alpha value is -3.41. The maximum Gasteiger partial charge on any atom is 0.458 e. The molecule has 0 atom stereocenters.